The number of aryl methyl sites for hydroxylation is 1. The number of rotatable bonds is 5. The molecule has 1 amide bonds. The molecule has 8 rings (SSSR count). The van der Waals surface area contributed by atoms with Gasteiger partial charge in [0.15, 0.2) is 0 Å². The molecule has 0 radical (unpaired) electrons. The highest BCUT2D eigenvalue weighted by atomic mass is 16.5. The summed E-state index contributed by atoms with van der Waals surface area (Å²) in [6.07, 6.45) is 9.00. The average molecular weight is 535 g/mol. The summed E-state index contributed by atoms with van der Waals surface area (Å²) in [5.74, 6) is 1.05. The lowest BCUT2D eigenvalue weighted by Gasteiger charge is -2.55. The molecule has 2 saturated carbocycles. The monoisotopic (exact) mass is 534 g/mol. The van der Waals surface area contributed by atoms with Gasteiger partial charge in [-0.15, -0.1) is 0 Å². The number of hydrogen-bond acceptors (Lipinski definition) is 4. The van der Waals surface area contributed by atoms with Crippen LogP contribution in [0.2, 0.25) is 0 Å². The number of carbonyl (C=O) groups excluding carboxylic acids is 1. The van der Waals surface area contributed by atoms with Crippen LogP contribution in [0.4, 0.5) is 0 Å². The summed E-state index contributed by atoms with van der Waals surface area (Å²) in [4.78, 5) is 21.3. The van der Waals surface area contributed by atoms with Gasteiger partial charge in [0.05, 0.1) is 24.7 Å². The van der Waals surface area contributed by atoms with E-state index in [1.54, 1.807) is 5.56 Å². The fraction of sp³-hybridized carbons (Fsp3) is 0.529. The van der Waals surface area contributed by atoms with E-state index in [-0.39, 0.29) is 22.7 Å². The Morgan fingerprint density at radius 2 is 1.88 bits per heavy atom. The number of carbonyl (C=O) groups is 1. The number of amides is 1. The first kappa shape index (κ1) is 24.6. The lowest BCUT2D eigenvalue weighted by molar-refractivity contribution is -0.176. The number of H-pyrrole nitrogens is 1. The van der Waals surface area contributed by atoms with Crippen molar-refractivity contribution in [1.29, 1.82) is 5.26 Å². The largest absolute Gasteiger partial charge is 0.380 e. The molecule has 5 aliphatic rings. The van der Waals surface area contributed by atoms with Crippen LogP contribution in [0.25, 0.3) is 10.9 Å². The molecule has 1 unspecified atom stereocenters. The van der Waals surface area contributed by atoms with E-state index < -0.39 is 0 Å². The molecule has 1 aromatic heterocycles. The van der Waals surface area contributed by atoms with E-state index in [0.717, 1.165) is 64.2 Å². The Morgan fingerprint density at radius 1 is 1.10 bits per heavy atom. The fourth-order valence-electron chi connectivity index (χ4n) is 8.29. The number of nitrogens with zero attached hydrogens (tertiary/aromatic N) is 3. The molecule has 3 aliphatic heterocycles. The van der Waals surface area contributed by atoms with E-state index in [2.05, 4.69) is 53.3 Å². The molecular formula is C34H38N4O2. The van der Waals surface area contributed by atoms with Crippen LogP contribution in [0.15, 0.2) is 42.6 Å². The van der Waals surface area contributed by atoms with E-state index in [9.17, 15) is 10.1 Å². The van der Waals surface area contributed by atoms with Crippen molar-refractivity contribution >= 4 is 16.8 Å². The molecule has 1 atom stereocenters. The molecule has 5 fully saturated rings. The van der Waals surface area contributed by atoms with Gasteiger partial charge < -0.3 is 14.6 Å². The summed E-state index contributed by atoms with van der Waals surface area (Å²) < 4.78 is 5.38. The summed E-state index contributed by atoms with van der Waals surface area (Å²) in [6.45, 7) is 7.44. The Labute approximate surface area is 236 Å². The molecule has 6 heteroatoms. The highest BCUT2D eigenvalue weighted by Crippen LogP contribution is 2.57. The van der Waals surface area contributed by atoms with Gasteiger partial charge in [-0.1, -0.05) is 18.2 Å². The maximum absolute atomic E-state index is 13.2. The van der Waals surface area contributed by atoms with E-state index in [0.29, 0.717) is 12.0 Å². The Hall–Kier alpha value is -3.14. The summed E-state index contributed by atoms with van der Waals surface area (Å²) >= 11 is 0. The predicted octanol–water partition coefficient (Wildman–Crippen LogP) is 6.08. The molecule has 2 spiro atoms. The number of aromatic amines is 1. The van der Waals surface area contributed by atoms with Gasteiger partial charge in [-0.2, -0.15) is 5.26 Å². The van der Waals surface area contributed by atoms with Crippen LogP contribution >= 0.6 is 0 Å². The van der Waals surface area contributed by atoms with Crippen LogP contribution < -0.4 is 0 Å². The van der Waals surface area contributed by atoms with Gasteiger partial charge >= 0.3 is 0 Å². The minimum absolute atomic E-state index is 0.139. The van der Waals surface area contributed by atoms with Crippen LogP contribution in [0.1, 0.15) is 83.1 Å². The zero-order chi connectivity index (χ0) is 27.1. The SMILES string of the molecule is Cc1cc(C2CC2)c(CN2CCC3(CC(C#N)C3)CC2c2ccc(C(=O)N3CC4(COC4)C3)cc2)c2cc[nH]c12. The first-order valence-corrected chi connectivity index (χ1v) is 15.2. The third kappa shape index (κ3) is 3.93. The summed E-state index contributed by atoms with van der Waals surface area (Å²) in [7, 11) is 0. The van der Waals surface area contributed by atoms with Gasteiger partial charge in [-0.25, -0.2) is 0 Å². The molecule has 1 N–H and O–H groups in total. The van der Waals surface area contributed by atoms with Crippen LogP contribution in [-0.2, 0) is 11.3 Å². The van der Waals surface area contributed by atoms with Gasteiger partial charge in [-0.3, -0.25) is 9.69 Å². The number of nitrogens with one attached hydrogen (secondary N) is 1. The average Bonchev–Trinajstić information content (AvgIpc) is 3.62. The van der Waals surface area contributed by atoms with Crippen molar-refractivity contribution in [2.24, 2.45) is 16.7 Å². The van der Waals surface area contributed by atoms with Crippen molar-refractivity contribution in [3.05, 3.63) is 70.4 Å². The third-order valence-electron chi connectivity index (χ3n) is 10.8. The highest BCUT2D eigenvalue weighted by molar-refractivity contribution is 5.95. The second-order valence-corrected chi connectivity index (χ2v) is 13.8. The van der Waals surface area contributed by atoms with E-state index in [1.165, 1.54) is 46.9 Å². The maximum Gasteiger partial charge on any atom is 0.253 e. The molecule has 2 aliphatic carbocycles. The zero-order valence-electron chi connectivity index (χ0n) is 23.4. The van der Waals surface area contributed by atoms with Crippen LogP contribution in [0.3, 0.4) is 0 Å². The van der Waals surface area contributed by atoms with Crippen molar-refractivity contribution in [3.63, 3.8) is 0 Å². The van der Waals surface area contributed by atoms with Crippen molar-refractivity contribution in [2.75, 3.05) is 32.8 Å². The maximum atomic E-state index is 13.2. The standard InChI is InChI=1S/C34H38N4O2/c1-22-12-28(24-2-3-24)29(27-8-10-36-31(22)27)17-37-11-9-33(13-23(14-33)16-35)15-30(37)25-4-6-26(7-5-25)32(39)38-18-34(19-38)20-40-21-34/h4-8,10,12,23-24,30,36H,2-3,9,11,13-15,17-21H2,1H3. The Kier molecular flexibility index (Phi) is 5.50. The van der Waals surface area contributed by atoms with Crippen molar-refractivity contribution < 1.29 is 9.53 Å². The first-order chi connectivity index (χ1) is 19.4. The second kappa shape index (κ2) is 8.93. The van der Waals surface area contributed by atoms with Crippen LogP contribution in [0, 0.1) is 35.0 Å². The minimum Gasteiger partial charge on any atom is -0.380 e. The van der Waals surface area contributed by atoms with Crippen molar-refractivity contribution in [1.82, 2.24) is 14.8 Å². The molecule has 6 nitrogen and oxygen atoms in total. The minimum atomic E-state index is 0.139. The number of hydrogen-bond donors (Lipinski definition) is 1. The van der Waals surface area contributed by atoms with Gasteiger partial charge in [0, 0.05) is 54.3 Å². The third-order valence-corrected chi connectivity index (χ3v) is 10.8. The molecule has 0 bridgehead atoms. The van der Waals surface area contributed by atoms with E-state index in [4.69, 9.17) is 4.74 Å². The number of likely N-dealkylation sites (tertiary alicyclic amines) is 2. The number of aromatic nitrogens is 1. The molecule has 206 valence electrons. The number of benzene rings is 2. The lowest BCUT2D eigenvalue weighted by atomic mass is 9.56. The molecule has 2 aromatic carbocycles. The summed E-state index contributed by atoms with van der Waals surface area (Å²) in [5.41, 5.74) is 8.25. The highest BCUT2D eigenvalue weighted by Gasteiger charge is 2.51. The molecular weight excluding hydrogens is 496 g/mol. The van der Waals surface area contributed by atoms with Gasteiger partial charge in [0.25, 0.3) is 5.91 Å². The normalized spacial score (nSPS) is 29.1. The molecule has 40 heavy (non-hydrogen) atoms. The first-order valence-electron chi connectivity index (χ1n) is 15.2. The lowest BCUT2D eigenvalue weighted by Crippen LogP contribution is -2.67. The quantitative estimate of drug-likeness (QED) is 0.430. The fourth-order valence-corrected chi connectivity index (χ4v) is 8.29. The molecule has 3 aromatic rings. The second-order valence-electron chi connectivity index (χ2n) is 13.8. The topological polar surface area (TPSA) is 72.4 Å². The summed E-state index contributed by atoms with van der Waals surface area (Å²) in [5, 5.41) is 10.9. The number of nitriles is 1. The van der Waals surface area contributed by atoms with Gasteiger partial charge in [0.1, 0.15) is 0 Å². The number of ether oxygens (including phenoxy) is 1. The molecule has 3 saturated heterocycles. The van der Waals surface area contributed by atoms with Gasteiger partial charge in [-0.05, 0) is 104 Å². The van der Waals surface area contributed by atoms with Gasteiger partial charge in [0.2, 0.25) is 0 Å². The predicted molar refractivity (Wildman–Crippen MR) is 154 cm³/mol. The zero-order valence-corrected chi connectivity index (χ0v) is 23.4. The Bertz CT molecular complexity index is 1510. The number of fused-ring (bicyclic) bond motifs is 1. The smallest absolute Gasteiger partial charge is 0.253 e. The Morgan fingerprint density at radius 3 is 2.55 bits per heavy atom. The number of piperidine rings is 1. The van der Waals surface area contributed by atoms with E-state index in [1.807, 2.05) is 17.0 Å². The van der Waals surface area contributed by atoms with E-state index >= 15 is 0 Å². The summed E-state index contributed by atoms with van der Waals surface area (Å²) in [6, 6.07) is 16.0. The Balaban J connectivity index is 1.08. The van der Waals surface area contributed by atoms with Crippen molar-refractivity contribution in [3.8, 4) is 6.07 Å². The van der Waals surface area contributed by atoms with Crippen LogP contribution in [-0.4, -0.2) is 53.5 Å². The van der Waals surface area contributed by atoms with Crippen molar-refractivity contribution in [2.45, 2.75) is 64.0 Å². The van der Waals surface area contributed by atoms with Crippen LogP contribution in [0.5, 0.6) is 0 Å². The molecule has 4 heterocycles.